The van der Waals surface area contributed by atoms with Crippen LogP contribution < -0.4 is 0 Å². The van der Waals surface area contributed by atoms with Gasteiger partial charge in [0.25, 0.3) is 0 Å². The van der Waals surface area contributed by atoms with Gasteiger partial charge < -0.3 is 4.40 Å². The van der Waals surface area contributed by atoms with E-state index < -0.39 is 0 Å². The fraction of sp³-hybridized carbons (Fsp3) is 0.462. The highest BCUT2D eigenvalue weighted by Gasteiger charge is 2.18. The molecule has 1 fully saturated rings. The van der Waals surface area contributed by atoms with Crippen LogP contribution in [0.5, 0.6) is 0 Å². The first-order chi connectivity index (χ1) is 7.83. The Balaban J connectivity index is 1.91. The molecule has 0 radical (unpaired) electrons. The van der Waals surface area contributed by atoms with Crippen molar-refractivity contribution in [2.75, 3.05) is 5.75 Å². The third kappa shape index (κ3) is 1.84. The Kier molecular flexibility index (Phi) is 2.64. The molecule has 2 nitrogen and oxygen atoms in total. The molecule has 2 aromatic heterocycles. The number of aromatic nitrogens is 2. The van der Waals surface area contributed by atoms with Crippen LogP contribution in [-0.4, -0.2) is 20.4 Å². The van der Waals surface area contributed by atoms with E-state index in [0.29, 0.717) is 0 Å². The summed E-state index contributed by atoms with van der Waals surface area (Å²) in [6.45, 7) is 2.12. The van der Waals surface area contributed by atoms with E-state index in [1.807, 2.05) is 6.20 Å². The van der Waals surface area contributed by atoms with Crippen LogP contribution in [0.2, 0.25) is 0 Å². The molecule has 3 heteroatoms. The molecule has 1 atom stereocenters. The van der Waals surface area contributed by atoms with E-state index in [-0.39, 0.29) is 0 Å². The molecule has 0 aromatic carbocycles. The summed E-state index contributed by atoms with van der Waals surface area (Å²) < 4.78 is 2.23. The Hall–Kier alpha value is -0.960. The molecule has 0 saturated carbocycles. The van der Waals surface area contributed by atoms with Crippen molar-refractivity contribution in [2.45, 2.75) is 31.4 Å². The first-order valence-electron chi connectivity index (χ1n) is 5.87. The summed E-state index contributed by atoms with van der Waals surface area (Å²) in [6, 6.07) is 4.35. The van der Waals surface area contributed by atoms with Crippen LogP contribution in [0.1, 0.15) is 24.2 Å². The molecule has 0 aliphatic carbocycles. The van der Waals surface area contributed by atoms with E-state index in [2.05, 4.69) is 46.4 Å². The standard InChI is InChI=1S/C13H16N2S/c1-10-4-5-15-11(7-10)9-14-13(15)8-12-3-2-6-16-12/h4-5,7,9,12H,2-3,6,8H2,1H3. The minimum Gasteiger partial charge on any atom is -0.304 e. The van der Waals surface area contributed by atoms with Crippen molar-refractivity contribution in [1.82, 2.24) is 9.38 Å². The second kappa shape index (κ2) is 4.13. The summed E-state index contributed by atoms with van der Waals surface area (Å²) in [4.78, 5) is 4.55. The van der Waals surface area contributed by atoms with E-state index in [1.54, 1.807) is 0 Å². The minimum absolute atomic E-state index is 0.784. The lowest BCUT2D eigenvalue weighted by Gasteiger charge is -2.07. The van der Waals surface area contributed by atoms with Gasteiger partial charge in [-0.15, -0.1) is 0 Å². The zero-order valence-electron chi connectivity index (χ0n) is 9.52. The molecule has 84 valence electrons. The van der Waals surface area contributed by atoms with Gasteiger partial charge in [-0.2, -0.15) is 11.8 Å². The van der Waals surface area contributed by atoms with Crippen LogP contribution in [0.15, 0.2) is 24.5 Å². The maximum Gasteiger partial charge on any atom is 0.114 e. The number of hydrogen-bond acceptors (Lipinski definition) is 2. The second-order valence-electron chi connectivity index (χ2n) is 4.51. The van der Waals surface area contributed by atoms with Crippen LogP contribution in [-0.2, 0) is 6.42 Å². The van der Waals surface area contributed by atoms with E-state index in [0.717, 1.165) is 11.7 Å². The van der Waals surface area contributed by atoms with Crippen LogP contribution in [0.25, 0.3) is 5.52 Å². The summed E-state index contributed by atoms with van der Waals surface area (Å²) in [7, 11) is 0. The molecule has 1 aliphatic rings. The predicted molar refractivity (Wildman–Crippen MR) is 69.1 cm³/mol. The summed E-state index contributed by atoms with van der Waals surface area (Å²) >= 11 is 2.10. The number of thioether (sulfide) groups is 1. The monoisotopic (exact) mass is 232 g/mol. The Morgan fingerprint density at radius 2 is 2.50 bits per heavy atom. The Morgan fingerprint density at radius 1 is 1.56 bits per heavy atom. The minimum atomic E-state index is 0.784. The Bertz CT molecular complexity index is 498. The van der Waals surface area contributed by atoms with Crippen molar-refractivity contribution in [3.8, 4) is 0 Å². The first-order valence-corrected chi connectivity index (χ1v) is 6.92. The van der Waals surface area contributed by atoms with Crippen molar-refractivity contribution in [2.24, 2.45) is 0 Å². The largest absolute Gasteiger partial charge is 0.304 e. The van der Waals surface area contributed by atoms with Gasteiger partial charge in [-0.05, 0) is 43.2 Å². The molecule has 3 rings (SSSR count). The molecular weight excluding hydrogens is 216 g/mol. The number of fused-ring (bicyclic) bond motifs is 1. The summed E-state index contributed by atoms with van der Waals surface area (Å²) in [5.74, 6) is 2.54. The van der Waals surface area contributed by atoms with Gasteiger partial charge in [-0.3, -0.25) is 0 Å². The molecule has 1 aliphatic heterocycles. The van der Waals surface area contributed by atoms with Crippen LogP contribution in [0.4, 0.5) is 0 Å². The fourth-order valence-electron chi connectivity index (χ4n) is 2.33. The molecule has 16 heavy (non-hydrogen) atoms. The number of pyridine rings is 1. The highest BCUT2D eigenvalue weighted by Crippen LogP contribution is 2.28. The maximum atomic E-state index is 4.55. The van der Waals surface area contributed by atoms with Crippen molar-refractivity contribution >= 4 is 17.3 Å². The lowest BCUT2D eigenvalue weighted by Crippen LogP contribution is -2.05. The van der Waals surface area contributed by atoms with Gasteiger partial charge >= 0.3 is 0 Å². The Labute approximate surface area is 100 Å². The van der Waals surface area contributed by atoms with Crippen molar-refractivity contribution in [1.29, 1.82) is 0 Å². The van der Waals surface area contributed by atoms with Gasteiger partial charge in [-0.25, -0.2) is 4.98 Å². The van der Waals surface area contributed by atoms with Gasteiger partial charge in [0, 0.05) is 17.9 Å². The smallest absolute Gasteiger partial charge is 0.114 e. The normalized spacial score (nSPS) is 20.7. The molecule has 0 N–H and O–H groups in total. The maximum absolute atomic E-state index is 4.55. The average molecular weight is 232 g/mol. The third-order valence-corrected chi connectivity index (χ3v) is 4.60. The molecule has 2 aromatic rings. The summed E-state index contributed by atoms with van der Waals surface area (Å²) in [6.07, 6.45) is 7.97. The molecule has 1 saturated heterocycles. The topological polar surface area (TPSA) is 17.3 Å². The first kappa shape index (κ1) is 10.2. The van der Waals surface area contributed by atoms with Crippen molar-refractivity contribution in [3.63, 3.8) is 0 Å². The van der Waals surface area contributed by atoms with Crippen molar-refractivity contribution in [3.05, 3.63) is 35.9 Å². The number of aryl methyl sites for hydroxylation is 1. The lowest BCUT2D eigenvalue weighted by molar-refractivity contribution is 0.743. The molecule has 0 bridgehead atoms. The predicted octanol–water partition coefficient (Wildman–Crippen LogP) is 3.08. The van der Waals surface area contributed by atoms with E-state index in [1.165, 1.54) is 35.5 Å². The zero-order valence-corrected chi connectivity index (χ0v) is 10.3. The molecule has 3 heterocycles. The average Bonchev–Trinajstić information content (AvgIpc) is 2.89. The van der Waals surface area contributed by atoms with Crippen LogP contribution in [0, 0.1) is 6.92 Å². The van der Waals surface area contributed by atoms with E-state index >= 15 is 0 Å². The molecule has 0 spiro atoms. The summed E-state index contributed by atoms with van der Waals surface area (Å²) in [5, 5.41) is 0.784. The molecular formula is C13H16N2S. The quantitative estimate of drug-likeness (QED) is 0.791. The fourth-order valence-corrected chi connectivity index (χ4v) is 3.59. The van der Waals surface area contributed by atoms with Crippen LogP contribution >= 0.6 is 11.8 Å². The lowest BCUT2D eigenvalue weighted by atomic mass is 10.2. The Morgan fingerprint density at radius 3 is 3.31 bits per heavy atom. The molecule has 1 unspecified atom stereocenters. The van der Waals surface area contributed by atoms with E-state index in [4.69, 9.17) is 0 Å². The third-order valence-electron chi connectivity index (χ3n) is 3.20. The zero-order chi connectivity index (χ0) is 11.0. The highest BCUT2D eigenvalue weighted by atomic mass is 32.2. The highest BCUT2D eigenvalue weighted by molar-refractivity contribution is 8.00. The second-order valence-corrected chi connectivity index (χ2v) is 5.92. The van der Waals surface area contributed by atoms with Crippen molar-refractivity contribution < 1.29 is 0 Å². The van der Waals surface area contributed by atoms with Gasteiger partial charge in [0.2, 0.25) is 0 Å². The van der Waals surface area contributed by atoms with Gasteiger partial charge in [-0.1, -0.05) is 0 Å². The number of nitrogens with zero attached hydrogens (tertiary/aromatic N) is 2. The number of rotatable bonds is 2. The summed E-state index contributed by atoms with van der Waals surface area (Å²) in [5.41, 5.74) is 2.52. The van der Waals surface area contributed by atoms with Crippen LogP contribution in [0.3, 0.4) is 0 Å². The van der Waals surface area contributed by atoms with Gasteiger partial charge in [0.05, 0.1) is 11.7 Å². The number of hydrogen-bond donors (Lipinski definition) is 0. The molecule has 0 amide bonds. The number of imidazole rings is 1. The van der Waals surface area contributed by atoms with Gasteiger partial charge in [0.1, 0.15) is 5.82 Å². The van der Waals surface area contributed by atoms with E-state index in [9.17, 15) is 0 Å². The van der Waals surface area contributed by atoms with Gasteiger partial charge in [0.15, 0.2) is 0 Å². The SMILES string of the molecule is Cc1ccn2c(CC3CCCS3)ncc2c1.